The number of rotatable bonds is 6. The van der Waals surface area contributed by atoms with Crippen LogP contribution in [-0.4, -0.2) is 87.2 Å². The molecular formula is C25H30Cl3N7O3S2. The summed E-state index contributed by atoms with van der Waals surface area (Å²) >= 11 is 7.56. The minimum Gasteiger partial charge on any atom is -0.345 e. The number of fused-ring (bicyclic) bond motifs is 2. The third-order valence-corrected chi connectivity index (χ3v) is 10.4. The summed E-state index contributed by atoms with van der Waals surface area (Å²) in [6.07, 6.45) is 6.72. The number of H-pyrrole nitrogens is 1. The molecular weight excluding hydrogens is 617 g/mol. The van der Waals surface area contributed by atoms with Crippen molar-refractivity contribution in [1.82, 2.24) is 33.6 Å². The van der Waals surface area contributed by atoms with Crippen molar-refractivity contribution in [2.45, 2.75) is 37.0 Å². The zero-order chi connectivity index (χ0) is 26.4. The van der Waals surface area contributed by atoms with Gasteiger partial charge in [0, 0.05) is 84.9 Å². The molecule has 1 amide bonds. The fraction of sp³-hybridized carbons (Fsp3) is 0.400. The molecule has 216 valence electrons. The van der Waals surface area contributed by atoms with E-state index in [0.29, 0.717) is 35.1 Å². The first-order chi connectivity index (χ1) is 18.3. The van der Waals surface area contributed by atoms with E-state index in [1.54, 1.807) is 36.8 Å². The van der Waals surface area contributed by atoms with Crippen LogP contribution in [0, 0.1) is 0 Å². The van der Waals surface area contributed by atoms with Crippen LogP contribution in [0.4, 0.5) is 0 Å². The van der Waals surface area contributed by atoms with E-state index in [1.807, 2.05) is 15.7 Å². The average molecular weight is 647 g/mol. The van der Waals surface area contributed by atoms with Gasteiger partial charge >= 0.3 is 0 Å². The SMILES string of the molecule is CN1CCc2nc(C(=O)N3CCN(S(=O)(=O)c4cc5cc(Cl)ccc5[nH]4)CC3CCn3ccnc3)sc2C1.Cl.Cl. The van der Waals surface area contributed by atoms with Gasteiger partial charge in [-0.1, -0.05) is 11.6 Å². The number of thiazole rings is 1. The van der Waals surface area contributed by atoms with Crippen molar-refractivity contribution >= 4 is 74.6 Å². The number of halogens is 3. The first kappa shape index (κ1) is 30.8. The molecule has 0 radical (unpaired) electrons. The van der Waals surface area contributed by atoms with Crippen LogP contribution in [0.3, 0.4) is 0 Å². The highest BCUT2D eigenvalue weighted by Gasteiger charge is 2.38. The van der Waals surface area contributed by atoms with Gasteiger partial charge in [-0.05, 0) is 37.7 Å². The molecule has 0 bridgehead atoms. The van der Waals surface area contributed by atoms with Crippen LogP contribution >= 0.6 is 47.8 Å². The normalized spacial score (nSPS) is 18.2. The van der Waals surface area contributed by atoms with Crippen molar-refractivity contribution < 1.29 is 13.2 Å². The average Bonchev–Trinajstić information content (AvgIpc) is 3.66. The first-order valence-corrected chi connectivity index (χ1v) is 15.1. The van der Waals surface area contributed by atoms with Crippen LogP contribution in [0.2, 0.25) is 5.02 Å². The summed E-state index contributed by atoms with van der Waals surface area (Å²) in [5, 5.41) is 1.89. The second-order valence-corrected chi connectivity index (χ2v) is 13.3. The van der Waals surface area contributed by atoms with Crippen LogP contribution in [0.15, 0.2) is 48.0 Å². The lowest BCUT2D eigenvalue weighted by Gasteiger charge is -2.40. The summed E-state index contributed by atoms with van der Waals surface area (Å²) in [5.74, 6) is -0.125. The summed E-state index contributed by atoms with van der Waals surface area (Å²) in [7, 11) is -1.74. The molecule has 15 heteroatoms. The molecule has 3 aromatic heterocycles. The van der Waals surface area contributed by atoms with Crippen molar-refractivity contribution in [2.24, 2.45) is 0 Å². The molecule has 1 fully saturated rings. The maximum Gasteiger partial charge on any atom is 0.283 e. The Morgan fingerprint density at radius 2 is 2.02 bits per heavy atom. The molecule has 10 nitrogen and oxygen atoms in total. The highest BCUT2D eigenvalue weighted by Crippen LogP contribution is 2.29. The molecule has 6 rings (SSSR count). The van der Waals surface area contributed by atoms with Gasteiger partial charge in [-0.3, -0.25) is 4.79 Å². The fourth-order valence-electron chi connectivity index (χ4n) is 5.17. The Kier molecular flexibility index (Phi) is 9.50. The van der Waals surface area contributed by atoms with Gasteiger partial charge in [0.05, 0.1) is 12.0 Å². The quantitative estimate of drug-likeness (QED) is 0.341. The molecule has 1 atom stereocenters. The minimum atomic E-state index is -3.80. The van der Waals surface area contributed by atoms with Crippen molar-refractivity contribution in [2.75, 3.05) is 33.2 Å². The van der Waals surface area contributed by atoms with Crippen molar-refractivity contribution in [3.8, 4) is 0 Å². The standard InChI is InChI=1S/C25H28ClN7O3S2.2ClH/c1-30-7-5-21-22(15-30)37-24(29-21)25(34)33-11-10-32(14-19(33)4-8-31-9-6-27-16-31)38(35,36)23-13-17-12-18(26)2-3-20(17)28-23;;/h2-3,6,9,12-13,16,19,28H,4-5,7-8,10-11,14-15H2,1H3;2*1H. The maximum atomic E-state index is 13.7. The summed E-state index contributed by atoms with van der Waals surface area (Å²) in [6, 6.07) is 6.54. The zero-order valence-electron chi connectivity index (χ0n) is 21.7. The second-order valence-electron chi connectivity index (χ2n) is 9.85. The molecule has 1 unspecified atom stereocenters. The number of sulfonamides is 1. The number of imidazole rings is 1. The molecule has 0 saturated carbocycles. The van der Waals surface area contributed by atoms with Crippen molar-refractivity contribution in [3.63, 3.8) is 0 Å². The van der Waals surface area contributed by atoms with Gasteiger partial charge in [0.1, 0.15) is 5.03 Å². The lowest BCUT2D eigenvalue weighted by atomic mass is 10.1. The summed E-state index contributed by atoms with van der Waals surface area (Å²) < 4.78 is 30.7. The highest BCUT2D eigenvalue weighted by molar-refractivity contribution is 7.89. The van der Waals surface area contributed by atoms with E-state index in [2.05, 4.69) is 26.9 Å². The number of hydrogen-bond donors (Lipinski definition) is 1. The van der Waals surface area contributed by atoms with E-state index in [-0.39, 0.29) is 54.9 Å². The molecule has 1 saturated heterocycles. The lowest BCUT2D eigenvalue weighted by molar-refractivity contribution is 0.0543. The van der Waals surface area contributed by atoms with Gasteiger partial charge in [0.2, 0.25) is 0 Å². The number of likely N-dealkylation sites (N-methyl/N-ethyl adjacent to an activating group) is 1. The maximum absolute atomic E-state index is 13.7. The summed E-state index contributed by atoms with van der Waals surface area (Å²) in [5.41, 5.74) is 1.71. The van der Waals surface area contributed by atoms with Crippen LogP contribution in [0.5, 0.6) is 0 Å². The monoisotopic (exact) mass is 645 g/mol. The molecule has 1 aromatic carbocycles. The van der Waals surface area contributed by atoms with Gasteiger partial charge < -0.3 is 19.4 Å². The Bertz CT molecular complexity index is 1590. The van der Waals surface area contributed by atoms with E-state index in [1.165, 1.54) is 15.6 Å². The van der Waals surface area contributed by atoms with Crippen LogP contribution in [0.1, 0.15) is 26.8 Å². The number of carbonyl (C=O) groups is 1. The van der Waals surface area contributed by atoms with Gasteiger partial charge in [-0.25, -0.2) is 18.4 Å². The molecule has 2 aliphatic heterocycles. The largest absolute Gasteiger partial charge is 0.345 e. The molecule has 0 spiro atoms. The number of amides is 1. The Labute approximate surface area is 254 Å². The molecule has 5 heterocycles. The third-order valence-electron chi connectivity index (χ3n) is 7.27. The summed E-state index contributed by atoms with van der Waals surface area (Å²) in [4.78, 5) is 30.7. The Morgan fingerprint density at radius 3 is 2.80 bits per heavy atom. The zero-order valence-corrected chi connectivity index (χ0v) is 25.7. The highest BCUT2D eigenvalue weighted by atomic mass is 35.5. The molecule has 40 heavy (non-hydrogen) atoms. The Hall–Kier alpha value is -2.19. The Morgan fingerprint density at radius 1 is 1.20 bits per heavy atom. The molecule has 0 aliphatic carbocycles. The van der Waals surface area contributed by atoms with Crippen LogP contribution in [-0.2, 0) is 29.5 Å². The molecule has 2 aliphatic rings. The van der Waals surface area contributed by atoms with Crippen LogP contribution in [0.25, 0.3) is 10.9 Å². The van der Waals surface area contributed by atoms with Gasteiger partial charge in [0.15, 0.2) is 5.01 Å². The number of aromatic amines is 1. The smallest absolute Gasteiger partial charge is 0.283 e. The lowest BCUT2D eigenvalue weighted by Crippen LogP contribution is -2.56. The number of carbonyl (C=O) groups excluding carboxylic acids is 1. The summed E-state index contributed by atoms with van der Waals surface area (Å²) in [6.45, 7) is 3.04. The topological polar surface area (TPSA) is 107 Å². The van der Waals surface area contributed by atoms with Gasteiger partial charge in [-0.2, -0.15) is 4.31 Å². The number of nitrogens with zero attached hydrogens (tertiary/aromatic N) is 6. The van der Waals surface area contributed by atoms with E-state index in [0.717, 1.165) is 35.5 Å². The number of nitrogens with one attached hydrogen (secondary N) is 1. The fourth-order valence-corrected chi connectivity index (χ4v) is 7.98. The van der Waals surface area contributed by atoms with Crippen molar-refractivity contribution in [3.05, 3.63) is 63.6 Å². The third kappa shape index (κ3) is 6.03. The molecule has 4 aromatic rings. The second kappa shape index (κ2) is 12.4. The van der Waals surface area contributed by atoms with E-state index >= 15 is 0 Å². The first-order valence-electron chi connectivity index (χ1n) is 12.5. The Balaban J connectivity index is 0.00000185. The number of benzene rings is 1. The predicted molar refractivity (Wildman–Crippen MR) is 160 cm³/mol. The predicted octanol–water partition coefficient (Wildman–Crippen LogP) is 3.91. The number of piperazine rings is 1. The van der Waals surface area contributed by atoms with Gasteiger partial charge in [0.25, 0.3) is 15.9 Å². The minimum absolute atomic E-state index is 0. The van der Waals surface area contributed by atoms with E-state index in [9.17, 15) is 13.2 Å². The number of hydrogen-bond acceptors (Lipinski definition) is 7. The molecule has 1 N–H and O–H groups in total. The number of aromatic nitrogens is 4. The van der Waals surface area contributed by atoms with Gasteiger partial charge in [-0.15, -0.1) is 36.2 Å². The van der Waals surface area contributed by atoms with E-state index < -0.39 is 10.0 Å². The number of aryl methyl sites for hydroxylation is 1. The van der Waals surface area contributed by atoms with E-state index in [4.69, 9.17) is 11.6 Å². The van der Waals surface area contributed by atoms with Crippen LogP contribution < -0.4 is 0 Å². The van der Waals surface area contributed by atoms with Crippen molar-refractivity contribution in [1.29, 1.82) is 0 Å².